The summed E-state index contributed by atoms with van der Waals surface area (Å²) in [5, 5.41) is 22.6. The summed E-state index contributed by atoms with van der Waals surface area (Å²) in [7, 11) is 1.55. The highest BCUT2D eigenvalue weighted by Gasteiger charge is 2.10. The third kappa shape index (κ3) is 4.12. The van der Waals surface area contributed by atoms with E-state index in [0.29, 0.717) is 16.9 Å². The number of H-pyrrole nitrogens is 1. The van der Waals surface area contributed by atoms with Gasteiger partial charge in [-0.1, -0.05) is 12.1 Å². The highest BCUT2D eigenvalue weighted by molar-refractivity contribution is 5.85. The maximum absolute atomic E-state index is 12.2. The van der Waals surface area contributed by atoms with Crippen LogP contribution in [0.25, 0.3) is 11.3 Å². The number of rotatable bonds is 6. The average Bonchev–Trinajstić information content (AvgIpc) is 2.68. The Labute approximate surface area is 152 Å². The van der Waals surface area contributed by atoms with Crippen molar-refractivity contribution < 1.29 is 9.66 Å². The normalized spacial score (nSPS) is 10.7. The van der Waals surface area contributed by atoms with E-state index in [1.165, 1.54) is 12.3 Å². The van der Waals surface area contributed by atoms with Gasteiger partial charge in [0.1, 0.15) is 5.75 Å². The average molecular weight is 366 g/mol. The molecule has 0 aliphatic carbocycles. The zero-order valence-electron chi connectivity index (χ0n) is 14.1. The molecule has 27 heavy (non-hydrogen) atoms. The Morgan fingerprint density at radius 1 is 1.19 bits per heavy atom. The van der Waals surface area contributed by atoms with Crippen molar-refractivity contribution in [1.82, 2.24) is 15.2 Å². The number of hydrogen-bond donors (Lipinski definition) is 2. The van der Waals surface area contributed by atoms with Crippen LogP contribution in [0, 0.1) is 10.1 Å². The van der Waals surface area contributed by atoms with Gasteiger partial charge in [0.25, 0.3) is 11.2 Å². The standard InChI is InChI=1S/C17H14N6O4/c1-27-13-8-6-11(7-9-13)15-16(24)19-17(22-20-15)21-18-10-12-4-2-3-5-14(12)23(25)26/h2-10H,1H3,(H2,19,21,22,24)/b18-10+. The van der Waals surface area contributed by atoms with Crippen molar-refractivity contribution in [2.45, 2.75) is 0 Å². The van der Waals surface area contributed by atoms with Crippen molar-refractivity contribution in [2.75, 3.05) is 12.5 Å². The second-order valence-corrected chi connectivity index (χ2v) is 5.27. The minimum atomic E-state index is -0.507. The van der Waals surface area contributed by atoms with Crippen molar-refractivity contribution in [3.8, 4) is 17.0 Å². The minimum Gasteiger partial charge on any atom is -0.497 e. The highest BCUT2D eigenvalue weighted by atomic mass is 16.6. The van der Waals surface area contributed by atoms with Crippen LogP contribution in [0.4, 0.5) is 11.6 Å². The maximum atomic E-state index is 12.2. The Bertz CT molecular complexity index is 1050. The van der Waals surface area contributed by atoms with E-state index in [-0.39, 0.29) is 17.3 Å². The SMILES string of the molecule is COc1ccc(-c2nnc(N/N=C/c3ccccc3[N+](=O)[O-])[nH]c2=O)cc1. The molecule has 2 aromatic carbocycles. The van der Waals surface area contributed by atoms with Crippen LogP contribution in [0.15, 0.2) is 58.4 Å². The number of para-hydroxylation sites is 1. The molecule has 1 heterocycles. The van der Waals surface area contributed by atoms with Crippen molar-refractivity contribution in [2.24, 2.45) is 5.10 Å². The van der Waals surface area contributed by atoms with Crippen LogP contribution in [0.1, 0.15) is 5.56 Å². The molecule has 3 rings (SSSR count). The van der Waals surface area contributed by atoms with Gasteiger partial charge in [-0.05, 0) is 30.3 Å². The molecule has 1 aromatic heterocycles. The molecule has 0 fully saturated rings. The molecule has 0 radical (unpaired) electrons. The molecule has 0 unspecified atom stereocenters. The first-order valence-electron chi connectivity index (χ1n) is 7.72. The Morgan fingerprint density at radius 2 is 1.93 bits per heavy atom. The zero-order valence-corrected chi connectivity index (χ0v) is 14.1. The Balaban J connectivity index is 1.76. The molecule has 0 saturated heterocycles. The van der Waals surface area contributed by atoms with Crippen LogP contribution in [-0.2, 0) is 0 Å². The smallest absolute Gasteiger partial charge is 0.279 e. The number of benzene rings is 2. The molecule has 0 saturated carbocycles. The number of hydrogen-bond acceptors (Lipinski definition) is 8. The molecular weight excluding hydrogens is 352 g/mol. The van der Waals surface area contributed by atoms with E-state index in [1.54, 1.807) is 49.6 Å². The predicted octanol–water partition coefficient (Wildman–Crippen LogP) is 2.19. The third-order valence-corrected chi connectivity index (χ3v) is 3.57. The quantitative estimate of drug-likeness (QED) is 0.388. The summed E-state index contributed by atoms with van der Waals surface area (Å²) in [5.74, 6) is 0.665. The van der Waals surface area contributed by atoms with Crippen LogP contribution in [0.3, 0.4) is 0 Å². The first kappa shape index (κ1) is 17.7. The van der Waals surface area contributed by atoms with Gasteiger partial charge in [-0.3, -0.25) is 19.9 Å². The molecule has 0 atom stereocenters. The largest absolute Gasteiger partial charge is 0.497 e. The lowest BCUT2D eigenvalue weighted by atomic mass is 10.1. The van der Waals surface area contributed by atoms with Gasteiger partial charge in [0.15, 0.2) is 5.69 Å². The lowest BCUT2D eigenvalue weighted by molar-refractivity contribution is -0.385. The predicted molar refractivity (Wildman–Crippen MR) is 99.0 cm³/mol. The van der Waals surface area contributed by atoms with E-state index in [9.17, 15) is 14.9 Å². The van der Waals surface area contributed by atoms with Crippen LogP contribution in [-0.4, -0.2) is 33.4 Å². The lowest BCUT2D eigenvalue weighted by Crippen LogP contribution is -2.15. The zero-order chi connectivity index (χ0) is 19.2. The van der Waals surface area contributed by atoms with Crippen LogP contribution >= 0.6 is 0 Å². The molecule has 0 bridgehead atoms. The van der Waals surface area contributed by atoms with E-state index >= 15 is 0 Å². The summed E-state index contributed by atoms with van der Waals surface area (Å²) in [4.78, 5) is 25.2. The molecule has 10 heteroatoms. The number of nitrogens with one attached hydrogen (secondary N) is 2. The number of anilines is 1. The summed E-state index contributed by atoms with van der Waals surface area (Å²) < 4.78 is 5.07. The summed E-state index contributed by atoms with van der Waals surface area (Å²) in [6.07, 6.45) is 1.26. The van der Waals surface area contributed by atoms with Crippen molar-refractivity contribution in [3.63, 3.8) is 0 Å². The topological polar surface area (TPSA) is 135 Å². The Morgan fingerprint density at radius 3 is 2.59 bits per heavy atom. The van der Waals surface area contributed by atoms with E-state index < -0.39 is 10.5 Å². The van der Waals surface area contributed by atoms with Gasteiger partial charge in [-0.2, -0.15) is 5.10 Å². The lowest BCUT2D eigenvalue weighted by Gasteiger charge is -2.03. The van der Waals surface area contributed by atoms with E-state index in [2.05, 4.69) is 25.7 Å². The van der Waals surface area contributed by atoms with E-state index in [1.807, 2.05) is 0 Å². The van der Waals surface area contributed by atoms with Crippen molar-refractivity contribution >= 4 is 17.9 Å². The van der Waals surface area contributed by atoms with Crippen LogP contribution in [0.5, 0.6) is 5.75 Å². The molecule has 3 aromatic rings. The fraction of sp³-hybridized carbons (Fsp3) is 0.0588. The summed E-state index contributed by atoms with van der Waals surface area (Å²) >= 11 is 0. The minimum absolute atomic E-state index is 0.00657. The van der Waals surface area contributed by atoms with Crippen LogP contribution in [0.2, 0.25) is 0 Å². The highest BCUT2D eigenvalue weighted by Crippen LogP contribution is 2.18. The monoisotopic (exact) mass is 366 g/mol. The van der Waals surface area contributed by atoms with Gasteiger partial charge < -0.3 is 4.74 Å². The van der Waals surface area contributed by atoms with E-state index in [0.717, 1.165) is 0 Å². The maximum Gasteiger partial charge on any atom is 0.279 e. The molecule has 10 nitrogen and oxygen atoms in total. The number of methoxy groups -OCH3 is 1. The number of aromatic amines is 1. The fourth-order valence-electron chi connectivity index (χ4n) is 2.25. The van der Waals surface area contributed by atoms with Gasteiger partial charge in [-0.25, -0.2) is 5.43 Å². The van der Waals surface area contributed by atoms with Gasteiger partial charge in [0, 0.05) is 11.6 Å². The summed E-state index contributed by atoms with van der Waals surface area (Å²) in [6.45, 7) is 0. The number of nitro groups is 1. The molecular formula is C17H14N6O4. The molecule has 2 N–H and O–H groups in total. The van der Waals surface area contributed by atoms with Crippen molar-refractivity contribution in [1.29, 1.82) is 0 Å². The molecule has 0 spiro atoms. The van der Waals surface area contributed by atoms with Gasteiger partial charge in [0.2, 0.25) is 5.95 Å². The Hall–Kier alpha value is -4.08. The third-order valence-electron chi connectivity index (χ3n) is 3.57. The summed E-state index contributed by atoms with van der Waals surface area (Å²) in [5.41, 5.74) is 2.98. The molecule has 0 aliphatic rings. The molecule has 0 aliphatic heterocycles. The number of aromatic nitrogens is 3. The van der Waals surface area contributed by atoms with Gasteiger partial charge in [0.05, 0.1) is 23.8 Å². The first-order chi connectivity index (χ1) is 13.1. The first-order valence-corrected chi connectivity index (χ1v) is 7.72. The second kappa shape index (κ2) is 7.87. The van der Waals surface area contributed by atoms with Gasteiger partial charge >= 0.3 is 0 Å². The van der Waals surface area contributed by atoms with Gasteiger partial charge in [-0.15, -0.1) is 10.2 Å². The molecule has 136 valence electrons. The van der Waals surface area contributed by atoms with E-state index in [4.69, 9.17) is 4.74 Å². The van der Waals surface area contributed by atoms with Crippen LogP contribution < -0.4 is 15.7 Å². The second-order valence-electron chi connectivity index (χ2n) is 5.27. The molecule has 0 amide bonds. The Kier molecular flexibility index (Phi) is 5.17. The number of nitro benzene ring substituents is 1. The fourth-order valence-corrected chi connectivity index (χ4v) is 2.25. The van der Waals surface area contributed by atoms with Crippen molar-refractivity contribution in [3.05, 3.63) is 74.6 Å². The number of ether oxygens (including phenoxy) is 1. The number of hydrazone groups is 1. The number of nitrogens with zero attached hydrogens (tertiary/aromatic N) is 4. The summed E-state index contributed by atoms with van der Waals surface area (Å²) in [6, 6.07) is 12.9.